The summed E-state index contributed by atoms with van der Waals surface area (Å²) in [6.45, 7) is 1.63. The van der Waals surface area contributed by atoms with E-state index in [4.69, 9.17) is 10.1 Å². The van der Waals surface area contributed by atoms with Gasteiger partial charge >= 0.3 is 6.03 Å². The first-order valence-corrected chi connectivity index (χ1v) is 8.24. The minimum absolute atomic E-state index is 0.115. The molecule has 2 aromatic carbocycles. The molecule has 2 amide bonds. The SMILES string of the molecule is CC(CO)NC(=O)NC(c1ccccc1)c1nc2ccccc2n1C. The van der Waals surface area contributed by atoms with E-state index >= 15 is 0 Å². The van der Waals surface area contributed by atoms with Crippen molar-refractivity contribution in [3.63, 3.8) is 0 Å². The molecule has 0 bridgehead atoms. The average Bonchev–Trinajstić information content (AvgIpc) is 2.97. The number of benzene rings is 2. The zero-order chi connectivity index (χ0) is 17.8. The van der Waals surface area contributed by atoms with Crippen LogP contribution in [0.4, 0.5) is 4.79 Å². The van der Waals surface area contributed by atoms with E-state index in [2.05, 4.69) is 10.6 Å². The highest BCUT2D eigenvalue weighted by Gasteiger charge is 2.23. The molecule has 1 aromatic heterocycles. The molecule has 3 rings (SSSR count). The molecule has 0 aliphatic rings. The highest BCUT2D eigenvalue weighted by molar-refractivity contribution is 5.77. The summed E-state index contributed by atoms with van der Waals surface area (Å²) in [4.78, 5) is 17.0. The number of hydrogen-bond donors (Lipinski definition) is 3. The smallest absolute Gasteiger partial charge is 0.315 e. The van der Waals surface area contributed by atoms with Crippen LogP contribution in [0.25, 0.3) is 11.0 Å². The van der Waals surface area contributed by atoms with Crippen LogP contribution in [0.2, 0.25) is 0 Å². The monoisotopic (exact) mass is 338 g/mol. The van der Waals surface area contributed by atoms with Gasteiger partial charge in [0.1, 0.15) is 11.9 Å². The average molecular weight is 338 g/mol. The highest BCUT2D eigenvalue weighted by atomic mass is 16.3. The second-order valence-electron chi connectivity index (χ2n) is 6.06. The molecule has 0 aliphatic heterocycles. The van der Waals surface area contributed by atoms with Gasteiger partial charge in [-0.2, -0.15) is 0 Å². The largest absolute Gasteiger partial charge is 0.394 e. The predicted octanol–water partition coefficient (Wildman–Crippen LogP) is 2.34. The minimum Gasteiger partial charge on any atom is -0.394 e. The standard InChI is InChI=1S/C19H22N4O2/c1-13(12-24)20-19(25)22-17(14-8-4-3-5-9-14)18-21-15-10-6-7-11-16(15)23(18)2/h3-11,13,17,24H,12H2,1-2H3,(H2,20,22,25). The topological polar surface area (TPSA) is 79.2 Å². The summed E-state index contributed by atoms with van der Waals surface area (Å²) >= 11 is 0. The number of aliphatic hydroxyl groups is 1. The van der Waals surface area contributed by atoms with Crippen LogP contribution in [-0.4, -0.2) is 33.3 Å². The molecule has 25 heavy (non-hydrogen) atoms. The summed E-state index contributed by atoms with van der Waals surface area (Å²) in [5.41, 5.74) is 2.82. The summed E-state index contributed by atoms with van der Waals surface area (Å²) < 4.78 is 1.99. The molecule has 3 N–H and O–H groups in total. The number of aliphatic hydroxyl groups excluding tert-OH is 1. The second-order valence-corrected chi connectivity index (χ2v) is 6.06. The first-order chi connectivity index (χ1) is 12.1. The molecule has 0 saturated heterocycles. The number of aromatic nitrogens is 2. The third-order valence-electron chi connectivity index (χ3n) is 4.14. The summed E-state index contributed by atoms with van der Waals surface area (Å²) in [5.74, 6) is 0.749. The number of carbonyl (C=O) groups is 1. The maximum absolute atomic E-state index is 12.3. The number of urea groups is 1. The molecule has 0 spiro atoms. The molecule has 0 saturated carbocycles. The van der Waals surface area contributed by atoms with Crippen LogP contribution >= 0.6 is 0 Å². The molecule has 3 aromatic rings. The van der Waals surface area contributed by atoms with E-state index in [1.165, 1.54) is 0 Å². The lowest BCUT2D eigenvalue weighted by atomic mass is 10.1. The summed E-state index contributed by atoms with van der Waals surface area (Å²) in [6.07, 6.45) is 0. The third-order valence-corrected chi connectivity index (χ3v) is 4.14. The van der Waals surface area contributed by atoms with Gasteiger partial charge in [-0.15, -0.1) is 0 Å². The normalized spacial score (nSPS) is 13.4. The van der Waals surface area contributed by atoms with Crippen LogP contribution in [0.5, 0.6) is 0 Å². The van der Waals surface area contributed by atoms with E-state index in [9.17, 15) is 4.79 Å². The van der Waals surface area contributed by atoms with Crippen molar-refractivity contribution in [1.29, 1.82) is 0 Å². The quantitative estimate of drug-likeness (QED) is 0.668. The van der Waals surface area contributed by atoms with E-state index in [-0.39, 0.29) is 18.7 Å². The van der Waals surface area contributed by atoms with E-state index in [0.717, 1.165) is 22.4 Å². The van der Waals surface area contributed by atoms with Gasteiger partial charge in [-0.05, 0) is 24.6 Å². The van der Waals surface area contributed by atoms with Crippen LogP contribution in [0.3, 0.4) is 0 Å². The van der Waals surface area contributed by atoms with Gasteiger partial charge < -0.3 is 20.3 Å². The fraction of sp³-hybridized carbons (Fsp3) is 0.263. The van der Waals surface area contributed by atoms with E-state index < -0.39 is 6.04 Å². The number of aryl methyl sites for hydroxylation is 1. The lowest BCUT2D eigenvalue weighted by Gasteiger charge is -2.21. The van der Waals surface area contributed by atoms with Gasteiger partial charge in [-0.1, -0.05) is 42.5 Å². The van der Waals surface area contributed by atoms with Crippen molar-refractivity contribution < 1.29 is 9.90 Å². The van der Waals surface area contributed by atoms with Gasteiger partial charge in [0.2, 0.25) is 0 Å². The van der Waals surface area contributed by atoms with Crippen molar-refractivity contribution in [1.82, 2.24) is 20.2 Å². The Morgan fingerprint density at radius 3 is 2.48 bits per heavy atom. The van der Waals surface area contributed by atoms with E-state index in [0.29, 0.717) is 0 Å². The Kier molecular flexibility index (Phi) is 5.00. The third kappa shape index (κ3) is 3.64. The first kappa shape index (κ1) is 17.0. The Balaban J connectivity index is 1.99. The fourth-order valence-corrected chi connectivity index (χ4v) is 2.81. The highest BCUT2D eigenvalue weighted by Crippen LogP contribution is 2.24. The number of carbonyl (C=O) groups excluding carboxylic acids is 1. The molecule has 130 valence electrons. The van der Waals surface area contributed by atoms with Crippen molar-refractivity contribution in [3.8, 4) is 0 Å². The molecule has 0 fully saturated rings. The molecule has 6 nitrogen and oxygen atoms in total. The molecular weight excluding hydrogens is 316 g/mol. The Morgan fingerprint density at radius 1 is 1.12 bits per heavy atom. The predicted molar refractivity (Wildman–Crippen MR) is 97.2 cm³/mol. The maximum atomic E-state index is 12.3. The fourth-order valence-electron chi connectivity index (χ4n) is 2.81. The van der Waals surface area contributed by atoms with Crippen molar-refractivity contribution in [2.45, 2.75) is 19.0 Å². The summed E-state index contributed by atoms with van der Waals surface area (Å²) in [7, 11) is 1.94. The van der Waals surface area contributed by atoms with E-state index in [1.54, 1.807) is 6.92 Å². The van der Waals surface area contributed by atoms with Gasteiger partial charge in [0.25, 0.3) is 0 Å². The Morgan fingerprint density at radius 2 is 1.80 bits per heavy atom. The summed E-state index contributed by atoms with van der Waals surface area (Å²) in [6, 6.07) is 16.5. The molecule has 1 heterocycles. The van der Waals surface area contributed by atoms with Gasteiger partial charge in [0.05, 0.1) is 23.7 Å². The van der Waals surface area contributed by atoms with Crippen LogP contribution in [0.15, 0.2) is 54.6 Å². The number of hydrogen-bond acceptors (Lipinski definition) is 3. The Bertz CT molecular complexity index is 860. The summed E-state index contributed by atoms with van der Waals surface area (Å²) in [5, 5.41) is 14.8. The van der Waals surface area contributed by atoms with Gasteiger partial charge in [-0.25, -0.2) is 9.78 Å². The van der Waals surface area contributed by atoms with Crippen molar-refractivity contribution >= 4 is 17.1 Å². The zero-order valence-corrected chi connectivity index (χ0v) is 14.3. The van der Waals surface area contributed by atoms with Crippen molar-refractivity contribution in [2.24, 2.45) is 7.05 Å². The number of nitrogens with zero attached hydrogens (tertiary/aromatic N) is 2. The van der Waals surface area contributed by atoms with Crippen molar-refractivity contribution in [2.75, 3.05) is 6.61 Å². The van der Waals surface area contributed by atoms with Gasteiger partial charge in [0.15, 0.2) is 0 Å². The Hall–Kier alpha value is -2.86. The van der Waals surface area contributed by atoms with Crippen LogP contribution < -0.4 is 10.6 Å². The van der Waals surface area contributed by atoms with Crippen LogP contribution in [-0.2, 0) is 7.05 Å². The molecular formula is C19H22N4O2. The Labute approximate surface area is 146 Å². The molecule has 6 heteroatoms. The van der Waals surface area contributed by atoms with Crippen LogP contribution in [0.1, 0.15) is 24.4 Å². The first-order valence-electron chi connectivity index (χ1n) is 8.24. The van der Waals surface area contributed by atoms with Crippen LogP contribution in [0, 0.1) is 0 Å². The molecule has 2 atom stereocenters. The van der Waals surface area contributed by atoms with Crippen molar-refractivity contribution in [3.05, 3.63) is 66.0 Å². The number of fused-ring (bicyclic) bond motifs is 1. The number of para-hydroxylation sites is 2. The molecule has 0 radical (unpaired) electrons. The number of imidazole rings is 1. The zero-order valence-electron chi connectivity index (χ0n) is 14.3. The van der Waals surface area contributed by atoms with Gasteiger partial charge in [-0.3, -0.25) is 0 Å². The lowest BCUT2D eigenvalue weighted by molar-refractivity contribution is 0.218. The maximum Gasteiger partial charge on any atom is 0.315 e. The molecule has 2 unspecified atom stereocenters. The number of nitrogens with one attached hydrogen (secondary N) is 2. The lowest BCUT2D eigenvalue weighted by Crippen LogP contribution is -2.44. The number of amides is 2. The minimum atomic E-state index is -0.399. The van der Waals surface area contributed by atoms with Gasteiger partial charge in [0, 0.05) is 7.05 Å². The second kappa shape index (κ2) is 7.36. The molecule has 0 aliphatic carbocycles. The number of rotatable bonds is 5. The van der Waals surface area contributed by atoms with E-state index in [1.807, 2.05) is 66.2 Å².